The van der Waals surface area contributed by atoms with E-state index in [-0.39, 0.29) is 5.91 Å². The standard InChI is InChI=1S/C21H13Br2ClN2O3/c22-16-5-1-13(2-6-16)20(27)26-25-12-15-11-17(23)7-10-19(15)29-21(28)14-3-8-18(24)9-4-14/h1-12H,(H,26,27)/b25-12+. The molecule has 3 aromatic carbocycles. The van der Waals surface area contributed by atoms with E-state index < -0.39 is 5.97 Å². The van der Waals surface area contributed by atoms with Gasteiger partial charge in [0.25, 0.3) is 5.91 Å². The van der Waals surface area contributed by atoms with Crippen LogP contribution in [-0.4, -0.2) is 18.1 Å². The van der Waals surface area contributed by atoms with E-state index in [1.165, 1.54) is 6.21 Å². The van der Waals surface area contributed by atoms with E-state index in [2.05, 4.69) is 42.4 Å². The van der Waals surface area contributed by atoms with Gasteiger partial charge >= 0.3 is 5.97 Å². The van der Waals surface area contributed by atoms with Crippen LogP contribution in [0.25, 0.3) is 0 Å². The SMILES string of the molecule is O=C(N/N=C/c1cc(Br)ccc1OC(=O)c1ccc(Cl)cc1)c1ccc(Br)cc1. The van der Waals surface area contributed by atoms with Crippen molar-refractivity contribution in [2.24, 2.45) is 5.10 Å². The third-order valence-corrected chi connectivity index (χ3v) is 5.00. The summed E-state index contributed by atoms with van der Waals surface area (Å²) in [4.78, 5) is 24.5. The van der Waals surface area contributed by atoms with Gasteiger partial charge in [-0.15, -0.1) is 0 Å². The molecule has 8 heteroatoms. The summed E-state index contributed by atoms with van der Waals surface area (Å²) >= 11 is 12.5. The molecule has 0 bridgehead atoms. The van der Waals surface area contributed by atoms with Crippen LogP contribution in [0.15, 0.2) is 80.8 Å². The van der Waals surface area contributed by atoms with Crippen molar-refractivity contribution >= 4 is 61.6 Å². The minimum atomic E-state index is -0.530. The van der Waals surface area contributed by atoms with Crippen LogP contribution in [-0.2, 0) is 0 Å². The smallest absolute Gasteiger partial charge is 0.343 e. The number of rotatable bonds is 5. The molecule has 0 unspecified atom stereocenters. The second-order valence-electron chi connectivity index (χ2n) is 5.78. The van der Waals surface area contributed by atoms with Crippen molar-refractivity contribution in [2.75, 3.05) is 0 Å². The first kappa shape index (κ1) is 21.2. The zero-order valence-electron chi connectivity index (χ0n) is 14.7. The average Bonchev–Trinajstić information content (AvgIpc) is 2.70. The van der Waals surface area contributed by atoms with Crippen LogP contribution >= 0.6 is 43.5 Å². The maximum atomic E-state index is 12.4. The van der Waals surface area contributed by atoms with Gasteiger partial charge in [0.05, 0.1) is 11.8 Å². The highest BCUT2D eigenvalue weighted by atomic mass is 79.9. The quantitative estimate of drug-likeness (QED) is 0.193. The van der Waals surface area contributed by atoms with Crippen LogP contribution in [0.3, 0.4) is 0 Å². The maximum Gasteiger partial charge on any atom is 0.343 e. The van der Waals surface area contributed by atoms with E-state index >= 15 is 0 Å². The van der Waals surface area contributed by atoms with Gasteiger partial charge in [0.2, 0.25) is 0 Å². The highest BCUT2D eigenvalue weighted by Crippen LogP contribution is 2.23. The Morgan fingerprint density at radius 2 is 1.52 bits per heavy atom. The van der Waals surface area contributed by atoms with Crippen LogP contribution in [0.1, 0.15) is 26.3 Å². The van der Waals surface area contributed by atoms with E-state index in [1.54, 1.807) is 66.7 Å². The van der Waals surface area contributed by atoms with Gasteiger partial charge in [0.15, 0.2) is 0 Å². The fraction of sp³-hybridized carbons (Fsp3) is 0. The third kappa shape index (κ3) is 6.00. The molecule has 1 amide bonds. The van der Waals surface area contributed by atoms with Gasteiger partial charge in [-0.25, -0.2) is 10.2 Å². The first-order valence-corrected chi connectivity index (χ1v) is 10.2. The van der Waals surface area contributed by atoms with Crippen LogP contribution in [0.2, 0.25) is 5.02 Å². The molecule has 146 valence electrons. The molecule has 3 aromatic rings. The second-order valence-corrected chi connectivity index (χ2v) is 8.05. The van der Waals surface area contributed by atoms with Crippen molar-refractivity contribution in [2.45, 2.75) is 0 Å². The number of hydrazone groups is 1. The third-order valence-electron chi connectivity index (χ3n) is 3.73. The highest BCUT2D eigenvalue weighted by molar-refractivity contribution is 9.10. The molecule has 3 rings (SSSR count). The molecule has 0 aliphatic carbocycles. The van der Waals surface area contributed by atoms with Crippen molar-refractivity contribution in [3.05, 3.63) is 97.4 Å². The maximum absolute atomic E-state index is 12.4. The molecule has 0 saturated carbocycles. The number of benzene rings is 3. The second kappa shape index (κ2) is 9.82. The molecule has 29 heavy (non-hydrogen) atoms. The summed E-state index contributed by atoms with van der Waals surface area (Å²) in [7, 11) is 0. The van der Waals surface area contributed by atoms with Gasteiger partial charge in [0, 0.05) is 25.1 Å². The molecule has 0 fully saturated rings. The topological polar surface area (TPSA) is 67.8 Å². The van der Waals surface area contributed by atoms with Crippen molar-refractivity contribution in [3.8, 4) is 5.75 Å². The van der Waals surface area contributed by atoms with Crippen molar-refractivity contribution < 1.29 is 14.3 Å². The predicted molar refractivity (Wildman–Crippen MR) is 120 cm³/mol. The summed E-state index contributed by atoms with van der Waals surface area (Å²) in [6.45, 7) is 0. The van der Waals surface area contributed by atoms with Crippen LogP contribution in [0.5, 0.6) is 5.75 Å². The molecule has 0 radical (unpaired) electrons. The summed E-state index contributed by atoms with van der Waals surface area (Å²) in [5, 5.41) is 4.50. The zero-order valence-corrected chi connectivity index (χ0v) is 18.7. The molecule has 0 atom stereocenters. The van der Waals surface area contributed by atoms with E-state index in [0.29, 0.717) is 27.5 Å². The number of carbonyl (C=O) groups is 2. The lowest BCUT2D eigenvalue weighted by molar-refractivity contribution is 0.0734. The van der Waals surface area contributed by atoms with E-state index in [9.17, 15) is 9.59 Å². The molecule has 0 aliphatic heterocycles. The van der Waals surface area contributed by atoms with Crippen molar-refractivity contribution in [1.29, 1.82) is 0 Å². The van der Waals surface area contributed by atoms with Crippen molar-refractivity contribution in [3.63, 3.8) is 0 Å². The van der Waals surface area contributed by atoms with E-state index in [4.69, 9.17) is 16.3 Å². The number of esters is 1. The number of halogens is 3. The summed E-state index contributed by atoms with van der Waals surface area (Å²) < 4.78 is 7.11. The summed E-state index contributed by atoms with van der Waals surface area (Å²) in [6, 6.07) is 18.4. The van der Waals surface area contributed by atoms with Gasteiger partial charge in [-0.3, -0.25) is 4.79 Å². The lowest BCUT2D eigenvalue weighted by Crippen LogP contribution is -2.17. The Kier molecular flexibility index (Phi) is 7.19. The fourth-order valence-corrected chi connectivity index (χ4v) is 3.05. The van der Waals surface area contributed by atoms with E-state index in [0.717, 1.165) is 8.95 Å². The van der Waals surface area contributed by atoms with E-state index in [1.807, 2.05) is 0 Å². The fourth-order valence-electron chi connectivity index (χ4n) is 2.28. The van der Waals surface area contributed by atoms with Crippen molar-refractivity contribution in [1.82, 2.24) is 5.43 Å². The summed E-state index contributed by atoms with van der Waals surface area (Å²) in [6.07, 6.45) is 1.41. The van der Waals surface area contributed by atoms with Crippen LogP contribution in [0, 0.1) is 0 Å². The van der Waals surface area contributed by atoms with Gasteiger partial charge in [-0.05, 0) is 66.7 Å². The van der Waals surface area contributed by atoms with Crippen LogP contribution < -0.4 is 10.2 Å². The number of hydrogen-bond acceptors (Lipinski definition) is 4. The lowest BCUT2D eigenvalue weighted by Gasteiger charge is -2.08. The molecule has 1 N–H and O–H groups in total. The van der Waals surface area contributed by atoms with Gasteiger partial charge in [0.1, 0.15) is 5.75 Å². The highest BCUT2D eigenvalue weighted by Gasteiger charge is 2.12. The number of carbonyl (C=O) groups excluding carboxylic acids is 2. The van der Waals surface area contributed by atoms with Crippen LogP contribution in [0.4, 0.5) is 0 Å². The minimum Gasteiger partial charge on any atom is -0.422 e. The Morgan fingerprint density at radius 1 is 0.897 bits per heavy atom. The Hall–Kier alpha value is -2.48. The molecule has 0 aromatic heterocycles. The number of amides is 1. The summed E-state index contributed by atoms with van der Waals surface area (Å²) in [5.74, 6) is -0.587. The van der Waals surface area contributed by atoms with Gasteiger partial charge in [-0.1, -0.05) is 43.5 Å². The monoisotopic (exact) mass is 534 g/mol. The summed E-state index contributed by atoms with van der Waals surface area (Å²) in [5.41, 5.74) is 3.79. The average molecular weight is 537 g/mol. The first-order valence-electron chi connectivity index (χ1n) is 8.28. The molecular formula is C21H13Br2ClN2O3. The Bertz CT molecular complexity index is 1070. The zero-order chi connectivity index (χ0) is 20.8. The molecule has 0 aliphatic rings. The molecule has 0 saturated heterocycles. The Morgan fingerprint density at radius 3 is 2.21 bits per heavy atom. The van der Waals surface area contributed by atoms with Gasteiger partial charge < -0.3 is 4.74 Å². The lowest BCUT2D eigenvalue weighted by atomic mass is 10.2. The Labute approximate surface area is 189 Å². The first-order chi connectivity index (χ1) is 13.9. The predicted octanol–water partition coefficient (Wildman–Crippen LogP) is 5.85. The number of ether oxygens (including phenoxy) is 1. The number of nitrogens with one attached hydrogen (secondary N) is 1. The molecular weight excluding hydrogens is 524 g/mol. The minimum absolute atomic E-state index is 0.301. The van der Waals surface area contributed by atoms with Gasteiger partial charge in [-0.2, -0.15) is 5.10 Å². The molecule has 0 spiro atoms. The molecule has 0 heterocycles. The Balaban J connectivity index is 1.73. The number of nitrogens with zero attached hydrogens (tertiary/aromatic N) is 1. The molecule has 5 nitrogen and oxygen atoms in total. The largest absolute Gasteiger partial charge is 0.422 e. The normalized spacial score (nSPS) is 10.7. The number of hydrogen-bond donors (Lipinski definition) is 1.